The SMILES string of the molecule is CCOCc1ccc(C(=O)OCC)cc1. The van der Waals surface area contributed by atoms with E-state index in [-0.39, 0.29) is 5.97 Å². The molecule has 1 rings (SSSR count). The lowest BCUT2D eigenvalue weighted by Gasteiger charge is -2.04. The van der Waals surface area contributed by atoms with Crippen LogP contribution in [0.1, 0.15) is 29.8 Å². The van der Waals surface area contributed by atoms with Crippen molar-refractivity contribution in [2.75, 3.05) is 13.2 Å². The molecule has 0 aliphatic rings. The zero-order valence-electron chi connectivity index (χ0n) is 9.16. The predicted octanol–water partition coefficient (Wildman–Crippen LogP) is 2.40. The number of rotatable bonds is 5. The van der Waals surface area contributed by atoms with Gasteiger partial charge in [0.1, 0.15) is 0 Å². The topological polar surface area (TPSA) is 35.5 Å². The molecular weight excluding hydrogens is 192 g/mol. The highest BCUT2D eigenvalue weighted by Gasteiger charge is 2.04. The number of hydrogen-bond acceptors (Lipinski definition) is 3. The van der Waals surface area contributed by atoms with E-state index < -0.39 is 0 Å². The molecule has 1 aromatic rings. The molecule has 1 aromatic carbocycles. The van der Waals surface area contributed by atoms with E-state index in [9.17, 15) is 4.79 Å². The first-order valence-corrected chi connectivity index (χ1v) is 5.11. The molecule has 3 heteroatoms. The van der Waals surface area contributed by atoms with Gasteiger partial charge in [-0.25, -0.2) is 4.79 Å². The lowest BCUT2D eigenvalue weighted by Crippen LogP contribution is -2.04. The maximum atomic E-state index is 11.3. The molecule has 0 amide bonds. The Labute approximate surface area is 90.0 Å². The van der Waals surface area contributed by atoms with Crippen molar-refractivity contribution in [3.8, 4) is 0 Å². The summed E-state index contributed by atoms with van der Waals surface area (Å²) < 4.78 is 10.1. The van der Waals surface area contributed by atoms with Gasteiger partial charge in [0.25, 0.3) is 0 Å². The van der Waals surface area contributed by atoms with Gasteiger partial charge in [0, 0.05) is 6.61 Å². The van der Waals surface area contributed by atoms with Crippen LogP contribution in [-0.2, 0) is 16.1 Å². The number of hydrogen-bond donors (Lipinski definition) is 0. The van der Waals surface area contributed by atoms with Crippen LogP contribution in [0.15, 0.2) is 24.3 Å². The molecule has 0 heterocycles. The number of carbonyl (C=O) groups is 1. The molecule has 3 nitrogen and oxygen atoms in total. The first kappa shape index (κ1) is 11.7. The Kier molecular flexibility index (Phi) is 4.84. The highest BCUT2D eigenvalue weighted by Crippen LogP contribution is 2.07. The second kappa shape index (κ2) is 6.19. The van der Waals surface area contributed by atoms with Crippen LogP contribution in [0.3, 0.4) is 0 Å². The molecule has 0 spiro atoms. The van der Waals surface area contributed by atoms with Crippen molar-refractivity contribution in [2.24, 2.45) is 0 Å². The van der Waals surface area contributed by atoms with E-state index >= 15 is 0 Å². The van der Waals surface area contributed by atoms with Gasteiger partial charge in [-0.3, -0.25) is 0 Å². The van der Waals surface area contributed by atoms with E-state index in [0.717, 1.165) is 5.56 Å². The van der Waals surface area contributed by atoms with E-state index in [1.807, 2.05) is 19.1 Å². The highest BCUT2D eigenvalue weighted by atomic mass is 16.5. The minimum absolute atomic E-state index is 0.277. The molecule has 0 radical (unpaired) electrons. The average molecular weight is 208 g/mol. The van der Waals surface area contributed by atoms with Gasteiger partial charge in [0.05, 0.1) is 18.8 Å². The van der Waals surface area contributed by atoms with Crippen molar-refractivity contribution >= 4 is 5.97 Å². The number of ether oxygens (including phenoxy) is 2. The molecule has 0 unspecified atom stereocenters. The molecule has 0 aliphatic heterocycles. The van der Waals surface area contributed by atoms with Crippen LogP contribution in [0.5, 0.6) is 0 Å². The van der Waals surface area contributed by atoms with Crippen molar-refractivity contribution in [1.82, 2.24) is 0 Å². The Balaban J connectivity index is 2.59. The first-order chi connectivity index (χ1) is 7.27. The Morgan fingerprint density at radius 3 is 2.33 bits per heavy atom. The van der Waals surface area contributed by atoms with E-state index in [1.54, 1.807) is 19.1 Å². The summed E-state index contributed by atoms with van der Waals surface area (Å²) in [5, 5.41) is 0. The predicted molar refractivity (Wildman–Crippen MR) is 57.7 cm³/mol. The zero-order chi connectivity index (χ0) is 11.1. The summed E-state index contributed by atoms with van der Waals surface area (Å²) in [6.07, 6.45) is 0. The summed E-state index contributed by atoms with van der Waals surface area (Å²) in [6.45, 7) is 5.42. The van der Waals surface area contributed by atoms with Gasteiger partial charge in [0.15, 0.2) is 0 Å². The number of carbonyl (C=O) groups excluding carboxylic acids is 1. The summed E-state index contributed by atoms with van der Waals surface area (Å²) in [5.41, 5.74) is 1.64. The largest absolute Gasteiger partial charge is 0.462 e. The Morgan fingerprint density at radius 1 is 1.13 bits per heavy atom. The van der Waals surface area contributed by atoms with E-state index in [4.69, 9.17) is 9.47 Å². The fraction of sp³-hybridized carbons (Fsp3) is 0.417. The second-order valence-electron chi connectivity index (χ2n) is 3.05. The molecule has 0 aromatic heterocycles. The molecule has 82 valence electrons. The highest BCUT2D eigenvalue weighted by molar-refractivity contribution is 5.89. The van der Waals surface area contributed by atoms with Crippen molar-refractivity contribution in [2.45, 2.75) is 20.5 Å². The minimum atomic E-state index is -0.277. The zero-order valence-corrected chi connectivity index (χ0v) is 9.16. The van der Waals surface area contributed by atoms with Gasteiger partial charge in [0.2, 0.25) is 0 Å². The Hall–Kier alpha value is -1.35. The second-order valence-corrected chi connectivity index (χ2v) is 3.05. The van der Waals surface area contributed by atoms with Crippen LogP contribution in [0.4, 0.5) is 0 Å². The molecule has 0 N–H and O–H groups in total. The molecule has 15 heavy (non-hydrogen) atoms. The molecular formula is C12H16O3. The van der Waals surface area contributed by atoms with E-state index in [0.29, 0.717) is 25.4 Å². The Morgan fingerprint density at radius 2 is 1.80 bits per heavy atom. The maximum absolute atomic E-state index is 11.3. The smallest absolute Gasteiger partial charge is 0.338 e. The van der Waals surface area contributed by atoms with Crippen LogP contribution in [0.25, 0.3) is 0 Å². The van der Waals surface area contributed by atoms with Crippen LogP contribution < -0.4 is 0 Å². The van der Waals surface area contributed by atoms with Gasteiger partial charge >= 0.3 is 5.97 Å². The molecule has 0 fully saturated rings. The normalized spacial score (nSPS) is 10.0. The third kappa shape index (κ3) is 3.72. The summed E-state index contributed by atoms with van der Waals surface area (Å²) in [6, 6.07) is 7.27. The van der Waals surface area contributed by atoms with Gasteiger partial charge < -0.3 is 9.47 Å². The maximum Gasteiger partial charge on any atom is 0.338 e. The molecule has 0 atom stereocenters. The summed E-state index contributed by atoms with van der Waals surface area (Å²) in [7, 11) is 0. The monoisotopic (exact) mass is 208 g/mol. The lowest BCUT2D eigenvalue weighted by molar-refractivity contribution is 0.0526. The van der Waals surface area contributed by atoms with Gasteiger partial charge in [-0.15, -0.1) is 0 Å². The summed E-state index contributed by atoms with van der Waals surface area (Å²) in [5.74, 6) is -0.277. The third-order valence-electron chi connectivity index (χ3n) is 1.94. The van der Waals surface area contributed by atoms with Gasteiger partial charge in [-0.05, 0) is 31.5 Å². The summed E-state index contributed by atoms with van der Waals surface area (Å²) >= 11 is 0. The number of benzene rings is 1. The van der Waals surface area contributed by atoms with Gasteiger partial charge in [-0.2, -0.15) is 0 Å². The summed E-state index contributed by atoms with van der Waals surface area (Å²) in [4.78, 5) is 11.3. The molecule has 0 aliphatic carbocycles. The number of esters is 1. The van der Waals surface area contributed by atoms with E-state index in [1.165, 1.54) is 0 Å². The average Bonchev–Trinajstić information content (AvgIpc) is 2.27. The quantitative estimate of drug-likeness (QED) is 0.697. The van der Waals surface area contributed by atoms with Crippen molar-refractivity contribution < 1.29 is 14.3 Å². The lowest BCUT2D eigenvalue weighted by atomic mass is 10.1. The first-order valence-electron chi connectivity index (χ1n) is 5.11. The van der Waals surface area contributed by atoms with Crippen molar-refractivity contribution in [3.63, 3.8) is 0 Å². The minimum Gasteiger partial charge on any atom is -0.462 e. The van der Waals surface area contributed by atoms with E-state index in [2.05, 4.69) is 0 Å². The standard InChI is InChI=1S/C12H16O3/c1-3-14-9-10-5-7-11(8-6-10)12(13)15-4-2/h5-8H,3-4,9H2,1-2H3. The van der Waals surface area contributed by atoms with Crippen LogP contribution >= 0.6 is 0 Å². The molecule has 0 bridgehead atoms. The van der Waals surface area contributed by atoms with Gasteiger partial charge in [-0.1, -0.05) is 12.1 Å². The van der Waals surface area contributed by atoms with Crippen LogP contribution in [-0.4, -0.2) is 19.2 Å². The third-order valence-corrected chi connectivity index (χ3v) is 1.94. The fourth-order valence-corrected chi connectivity index (χ4v) is 1.17. The van der Waals surface area contributed by atoms with Crippen molar-refractivity contribution in [3.05, 3.63) is 35.4 Å². The molecule has 0 saturated heterocycles. The van der Waals surface area contributed by atoms with Crippen LogP contribution in [0, 0.1) is 0 Å². The van der Waals surface area contributed by atoms with Crippen molar-refractivity contribution in [1.29, 1.82) is 0 Å². The Bertz CT molecular complexity index is 303. The fourth-order valence-electron chi connectivity index (χ4n) is 1.17. The van der Waals surface area contributed by atoms with Crippen LogP contribution in [0.2, 0.25) is 0 Å². The molecule has 0 saturated carbocycles.